The summed E-state index contributed by atoms with van der Waals surface area (Å²) in [7, 11) is -2.88. The maximum absolute atomic E-state index is 12.4. The predicted molar refractivity (Wildman–Crippen MR) is 91.0 cm³/mol. The molecule has 2 aromatic rings. The molecule has 7 nitrogen and oxygen atoms in total. The van der Waals surface area contributed by atoms with Crippen molar-refractivity contribution < 1.29 is 17.9 Å². The molecule has 0 radical (unpaired) electrons. The Hall–Kier alpha value is -2.41. The van der Waals surface area contributed by atoms with Crippen molar-refractivity contribution in [3.63, 3.8) is 0 Å². The number of nitriles is 1. The van der Waals surface area contributed by atoms with Crippen molar-refractivity contribution in [3.05, 3.63) is 45.6 Å². The first-order valence-electron chi connectivity index (χ1n) is 6.30. The molecule has 0 aliphatic rings. The van der Waals surface area contributed by atoms with Crippen LogP contribution >= 0.6 is 22.9 Å². The van der Waals surface area contributed by atoms with Crippen molar-refractivity contribution >= 4 is 49.5 Å². The summed E-state index contributed by atoms with van der Waals surface area (Å²) in [4.78, 5) is 11.7. The molecule has 0 unspecified atom stereocenters. The highest BCUT2D eigenvalue weighted by molar-refractivity contribution is 8.07. The van der Waals surface area contributed by atoms with Crippen LogP contribution in [0.1, 0.15) is 9.67 Å². The summed E-state index contributed by atoms with van der Waals surface area (Å²) in [6.07, 6.45) is 0. The first kappa shape index (κ1) is 17.9. The van der Waals surface area contributed by atoms with Gasteiger partial charge in [0.25, 0.3) is 5.04 Å². The van der Waals surface area contributed by atoms with Crippen LogP contribution < -0.4 is 5.43 Å². The number of carbonyl (C=O) groups is 1. The number of anilines is 1. The van der Waals surface area contributed by atoms with Crippen molar-refractivity contribution in [1.82, 2.24) is 0 Å². The van der Waals surface area contributed by atoms with Crippen LogP contribution in [0.2, 0.25) is 5.02 Å². The maximum Gasteiger partial charge on any atom is 0.350 e. The number of esters is 1. The quantitative estimate of drug-likeness (QED) is 0.376. The van der Waals surface area contributed by atoms with E-state index in [2.05, 4.69) is 15.3 Å². The summed E-state index contributed by atoms with van der Waals surface area (Å²) in [6, 6.07) is 8.39. The fraction of sp³-hybridized carbons (Fsp3) is 0.0714. The van der Waals surface area contributed by atoms with E-state index in [1.54, 1.807) is 5.38 Å². The topological polar surface area (TPSA) is 109 Å². The molecule has 24 heavy (non-hydrogen) atoms. The molecule has 0 saturated carbocycles. The van der Waals surface area contributed by atoms with Crippen molar-refractivity contribution in [1.29, 1.82) is 5.26 Å². The molecule has 10 heteroatoms. The minimum absolute atomic E-state index is 0.118. The molecule has 0 aliphatic heterocycles. The fourth-order valence-corrected chi connectivity index (χ4v) is 3.52. The lowest BCUT2D eigenvalue weighted by atomic mass is 10.4. The summed E-state index contributed by atoms with van der Waals surface area (Å²) in [5.41, 5.74) is 2.66. The van der Waals surface area contributed by atoms with Crippen molar-refractivity contribution in [2.45, 2.75) is 4.90 Å². The number of nitrogens with zero attached hydrogens (tertiary/aromatic N) is 2. The van der Waals surface area contributed by atoms with Gasteiger partial charge in [0.15, 0.2) is 0 Å². The van der Waals surface area contributed by atoms with Crippen LogP contribution in [-0.4, -0.2) is 26.5 Å². The van der Waals surface area contributed by atoms with Gasteiger partial charge in [-0.15, -0.1) is 11.3 Å². The molecule has 0 fully saturated rings. The molecular weight excluding hydrogens is 374 g/mol. The number of ether oxygens (including phenoxy) is 1. The van der Waals surface area contributed by atoms with Gasteiger partial charge in [-0.05, 0) is 35.7 Å². The molecule has 2 rings (SSSR count). The molecule has 1 N–H and O–H groups in total. The van der Waals surface area contributed by atoms with Crippen molar-refractivity contribution in [3.8, 4) is 6.07 Å². The third-order valence-electron chi connectivity index (χ3n) is 2.79. The number of sulfone groups is 1. The van der Waals surface area contributed by atoms with Crippen LogP contribution in [0, 0.1) is 11.3 Å². The standard InChI is InChI=1S/C14H10ClN3O4S2/c1-22-14(19)13-11(6-7-23-13)17-18-12(8-16)24(20,21)10-4-2-9(15)3-5-10/h2-7,17H,1H3/b18-12+. The number of methoxy groups -OCH3 is 1. The van der Waals surface area contributed by atoms with E-state index < -0.39 is 20.9 Å². The predicted octanol–water partition coefficient (Wildman–Crippen LogP) is 2.91. The Bertz CT molecular complexity index is 928. The molecule has 0 spiro atoms. The van der Waals surface area contributed by atoms with Crippen LogP contribution in [0.3, 0.4) is 0 Å². The van der Waals surface area contributed by atoms with E-state index in [4.69, 9.17) is 16.9 Å². The normalized spacial score (nSPS) is 11.6. The molecule has 1 heterocycles. The van der Waals surface area contributed by atoms with Crippen molar-refractivity contribution in [2.24, 2.45) is 5.10 Å². The van der Waals surface area contributed by atoms with E-state index in [-0.39, 0.29) is 15.5 Å². The lowest BCUT2D eigenvalue weighted by Gasteiger charge is -2.04. The third kappa shape index (κ3) is 3.73. The number of hydrogen-bond acceptors (Lipinski definition) is 8. The summed E-state index contributed by atoms with van der Waals surface area (Å²) in [5, 5.41) is 14.0. The first-order valence-corrected chi connectivity index (χ1v) is 9.04. The number of carbonyl (C=O) groups excluding carboxylic acids is 1. The van der Waals surface area contributed by atoms with E-state index in [0.29, 0.717) is 5.02 Å². The Morgan fingerprint density at radius 1 is 1.33 bits per heavy atom. The molecule has 0 saturated heterocycles. The van der Waals surface area contributed by atoms with Gasteiger partial charge in [0.1, 0.15) is 10.9 Å². The molecule has 0 bridgehead atoms. The molecule has 1 aromatic carbocycles. The second-order valence-corrected chi connectivity index (χ2v) is 7.47. The Labute approximate surface area is 147 Å². The zero-order chi connectivity index (χ0) is 17.7. The van der Waals surface area contributed by atoms with E-state index >= 15 is 0 Å². The Morgan fingerprint density at radius 3 is 2.58 bits per heavy atom. The van der Waals surface area contributed by atoms with Gasteiger partial charge >= 0.3 is 5.97 Å². The molecule has 1 aromatic heterocycles. The van der Waals surface area contributed by atoms with Gasteiger partial charge in [0.2, 0.25) is 9.84 Å². The zero-order valence-corrected chi connectivity index (χ0v) is 14.6. The number of nitrogens with one attached hydrogen (secondary N) is 1. The van der Waals surface area contributed by atoms with E-state index in [1.807, 2.05) is 0 Å². The molecule has 124 valence electrons. The van der Waals surface area contributed by atoms with Gasteiger partial charge < -0.3 is 4.74 Å². The highest BCUT2D eigenvalue weighted by atomic mass is 35.5. The minimum atomic E-state index is -4.10. The fourth-order valence-electron chi connectivity index (χ4n) is 1.63. The lowest BCUT2D eigenvalue weighted by Crippen LogP contribution is -2.15. The number of rotatable bonds is 4. The van der Waals surface area contributed by atoms with E-state index in [1.165, 1.54) is 43.5 Å². The largest absolute Gasteiger partial charge is 0.465 e. The summed E-state index contributed by atoms with van der Waals surface area (Å²) in [5.74, 6) is -0.596. The molecule has 0 aliphatic carbocycles. The zero-order valence-electron chi connectivity index (χ0n) is 12.2. The Kier molecular flexibility index (Phi) is 5.56. The molecule has 0 amide bonds. The van der Waals surface area contributed by atoms with Gasteiger partial charge in [-0.1, -0.05) is 11.6 Å². The second-order valence-electron chi connectivity index (χ2n) is 4.25. The first-order chi connectivity index (χ1) is 11.4. The Balaban J connectivity index is 2.33. The Morgan fingerprint density at radius 2 is 2.00 bits per heavy atom. The number of halogens is 1. The summed E-state index contributed by atoms with van der Waals surface area (Å²) >= 11 is 6.81. The highest BCUT2D eigenvalue weighted by Crippen LogP contribution is 2.23. The van der Waals surface area contributed by atoms with Gasteiger partial charge in [-0.25, -0.2) is 13.2 Å². The molecule has 0 atom stereocenters. The maximum atomic E-state index is 12.4. The van der Waals surface area contributed by atoms with Crippen LogP contribution in [0.4, 0.5) is 5.69 Å². The van der Waals surface area contributed by atoms with Gasteiger partial charge in [-0.3, -0.25) is 5.43 Å². The van der Waals surface area contributed by atoms with Crippen LogP contribution in [0.25, 0.3) is 0 Å². The van der Waals surface area contributed by atoms with Gasteiger partial charge in [0, 0.05) is 5.02 Å². The monoisotopic (exact) mass is 383 g/mol. The van der Waals surface area contributed by atoms with E-state index in [9.17, 15) is 13.2 Å². The average Bonchev–Trinajstić information content (AvgIpc) is 3.03. The number of hydrazone groups is 1. The van der Waals surface area contributed by atoms with Crippen molar-refractivity contribution in [2.75, 3.05) is 12.5 Å². The van der Waals surface area contributed by atoms with Gasteiger partial charge in [-0.2, -0.15) is 10.4 Å². The average molecular weight is 384 g/mol. The number of hydrogen-bond donors (Lipinski definition) is 1. The second kappa shape index (κ2) is 7.44. The third-order valence-corrected chi connectivity index (χ3v) is 5.52. The van der Waals surface area contributed by atoms with E-state index in [0.717, 1.165) is 11.3 Å². The number of thiophene rings is 1. The number of benzene rings is 1. The summed E-state index contributed by atoms with van der Waals surface area (Å²) in [6.45, 7) is 0. The minimum Gasteiger partial charge on any atom is -0.465 e. The lowest BCUT2D eigenvalue weighted by molar-refractivity contribution is 0.0607. The molecular formula is C14H10ClN3O4S2. The van der Waals surface area contributed by atoms with Gasteiger partial charge in [0.05, 0.1) is 17.7 Å². The SMILES string of the molecule is COC(=O)c1sccc1N/N=C(\C#N)S(=O)(=O)c1ccc(Cl)cc1. The van der Waals surface area contributed by atoms with Crippen LogP contribution in [0.5, 0.6) is 0 Å². The smallest absolute Gasteiger partial charge is 0.350 e. The highest BCUT2D eigenvalue weighted by Gasteiger charge is 2.23. The van der Waals surface area contributed by atoms with Crippen LogP contribution in [-0.2, 0) is 14.6 Å². The summed E-state index contributed by atoms with van der Waals surface area (Å²) < 4.78 is 29.4. The van der Waals surface area contributed by atoms with Crippen LogP contribution in [0.15, 0.2) is 45.7 Å².